The number of carbonyl (C=O) groups excluding carboxylic acids is 2. The third-order valence-corrected chi connectivity index (χ3v) is 8.07. The van der Waals surface area contributed by atoms with E-state index in [4.69, 9.17) is 32.7 Å². The Kier molecular flexibility index (Phi) is 7.44. The van der Waals surface area contributed by atoms with Gasteiger partial charge in [0.05, 0.1) is 31.8 Å². The van der Waals surface area contributed by atoms with Crippen molar-refractivity contribution in [1.82, 2.24) is 5.32 Å². The number of benzene rings is 2. The molecule has 28 heavy (non-hydrogen) atoms. The van der Waals surface area contributed by atoms with E-state index in [-0.39, 0.29) is 21.4 Å². The summed E-state index contributed by atoms with van der Waals surface area (Å²) in [4.78, 5) is 24.6. The normalized spacial score (nSPS) is 14.0. The number of imide groups is 1. The summed E-state index contributed by atoms with van der Waals surface area (Å²) in [7, 11) is 1.49. The molecule has 0 unspecified atom stereocenters. The molecule has 3 rings (SSSR count). The number of nitrogens with one attached hydrogen (secondary N) is 1. The Morgan fingerprint density at radius 3 is 2.43 bits per heavy atom. The van der Waals surface area contributed by atoms with Crippen LogP contribution in [0.2, 0.25) is 10.0 Å². The molecule has 1 N–H and O–H groups in total. The first-order valence-electron chi connectivity index (χ1n) is 7.98. The summed E-state index contributed by atoms with van der Waals surface area (Å²) in [6, 6.07) is 8.32. The first-order chi connectivity index (χ1) is 13.4. The predicted molar refractivity (Wildman–Crippen MR) is 118 cm³/mol. The summed E-state index contributed by atoms with van der Waals surface area (Å²) < 4.78 is 11.5. The highest BCUT2D eigenvalue weighted by Gasteiger charge is 2.24. The third-order valence-electron chi connectivity index (χ3n) is 3.75. The van der Waals surface area contributed by atoms with Crippen LogP contribution < -0.4 is 14.8 Å². The number of ether oxygens (including phenoxy) is 2. The monoisotopic (exact) mass is 521 g/mol. The van der Waals surface area contributed by atoms with E-state index in [1.807, 2.05) is 35.7 Å². The minimum Gasteiger partial charge on any atom is -0.493 e. The van der Waals surface area contributed by atoms with Crippen molar-refractivity contribution in [2.24, 2.45) is 0 Å². The van der Waals surface area contributed by atoms with Crippen LogP contribution in [0.5, 0.6) is 11.5 Å². The molecule has 0 radical (unpaired) electrons. The van der Waals surface area contributed by atoms with Gasteiger partial charge in [-0.2, -0.15) is 0 Å². The second-order valence-electron chi connectivity index (χ2n) is 5.55. The SMILES string of the molecule is COc1cc(C2SCCS2)cc(Br)c1OC(=O)NC(=O)c1c(Cl)cccc1Cl. The van der Waals surface area contributed by atoms with Crippen molar-refractivity contribution in [2.45, 2.75) is 4.58 Å². The Morgan fingerprint density at radius 2 is 1.82 bits per heavy atom. The molecule has 1 aliphatic rings. The molecule has 5 nitrogen and oxygen atoms in total. The maximum atomic E-state index is 12.3. The molecule has 1 fully saturated rings. The molecular formula is C18H14BrCl2NO4S2. The van der Waals surface area contributed by atoms with Gasteiger partial charge in [0.1, 0.15) is 0 Å². The molecule has 0 bridgehead atoms. The molecule has 0 aliphatic carbocycles. The van der Waals surface area contributed by atoms with Gasteiger partial charge in [0, 0.05) is 11.5 Å². The number of hydrogen-bond acceptors (Lipinski definition) is 6. The zero-order valence-corrected chi connectivity index (χ0v) is 19.2. The van der Waals surface area contributed by atoms with Gasteiger partial charge in [0.2, 0.25) is 0 Å². The van der Waals surface area contributed by atoms with Gasteiger partial charge in [-0.1, -0.05) is 29.3 Å². The molecule has 0 aromatic heterocycles. The Morgan fingerprint density at radius 1 is 1.18 bits per heavy atom. The van der Waals surface area contributed by atoms with E-state index < -0.39 is 12.0 Å². The van der Waals surface area contributed by atoms with Gasteiger partial charge >= 0.3 is 6.09 Å². The van der Waals surface area contributed by atoms with Gasteiger partial charge in [-0.3, -0.25) is 10.1 Å². The van der Waals surface area contributed by atoms with Crippen molar-refractivity contribution in [3.05, 3.63) is 56.0 Å². The summed E-state index contributed by atoms with van der Waals surface area (Å²) in [5.41, 5.74) is 1.06. The van der Waals surface area contributed by atoms with Crippen LogP contribution >= 0.6 is 62.7 Å². The highest BCUT2D eigenvalue weighted by molar-refractivity contribution is 9.10. The lowest BCUT2D eigenvalue weighted by Gasteiger charge is -2.16. The lowest BCUT2D eigenvalue weighted by atomic mass is 10.2. The summed E-state index contributed by atoms with van der Waals surface area (Å²) >= 11 is 19.1. The molecule has 10 heteroatoms. The first-order valence-corrected chi connectivity index (χ1v) is 11.6. The Hall–Kier alpha value is -1.06. The van der Waals surface area contributed by atoms with Crippen molar-refractivity contribution in [2.75, 3.05) is 18.6 Å². The summed E-state index contributed by atoms with van der Waals surface area (Å²) in [6.07, 6.45) is -0.975. The molecule has 0 spiro atoms. The van der Waals surface area contributed by atoms with Crippen molar-refractivity contribution in [3.63, 3.8) is 0 Å². The van der Waals surface area contributed by atoms with Gasteiger partial charge in [0.15, 0.2) is 11.5 Å². The van der Waals surface area contributed by atoms with E-state index in [1.165, 1.54) is 19.2 Å². The number of methoxy groups -OCH3 is 1. The van der Waals surface area contributed by atoms with Crippen LogP contribution in [0.1, 0.15) is 20.5 Å². The van der Waals surface area contributed by atoms with Crippen LogP contribution in [0.3, 0.4) is 0 Å². The number of thioether (sulfide) groups is 2. The van der Waals surface area contributed by atoms with Crippen molar-refractivity contribution < 1.29 is 19.1 Å². The highest BCUT2D eigenvalue weighted by Crippen LogP contribution is 2.48. The summed E-state index contributed by atoms with van der Waals surface area (Å²) in [5, 5.41) is 2.38. The second-order valence-corrected chi connectivity index (χ2v) is 9.94. The van der Waals surface area contributed by atoms with E-state index >= 15 is 0 Å². The lowest BCUT2D eigenvalue weighted by Crippen LogP contribution is -2.33. The Bertz CT molecular complexity index is 902. The van der Waals surface area contributed by atoms with Crippen molar-refractivity contribution >= 4 is 74.7 Å². The fourth-order valence-corrected chi connectivity index (χ4v) is 6.44. The van der Waals surface area contributed by atoms with E-state index in [0.717, 1.165) is 17.1 Å². The minimum atomic E-state index is -0.975. The molecule has 0 saturated carbocycles. The van der Waals surface area contributed by atoms with Gasteiger partial charge < -0.3 is 9.47 Å². The van der Waals surface area contributed by atoms with Crippen molar-refractivity contribution in [3.8, 4) is 11.5 Å². The van der Waals surface area contributed by atoms with Crippen LogP contribution in [-0.4, -0.2) is 30.6 Å². The number of halogens is 3. The van der Waals surface area contributed by atoms with Gasteiger partial charge in [-0.15, -0.1) is 23.5 Å². The van der Waals surface area contributed by atoms with E-state index in [9.17, 15) is 9.59 Å². The zero-order valence-electron chi connectivity index (χ0n) is 14.5. The molecule has 2 amide bonds. The highest BCUT2D eigenvalue weighted by atomic mass is 79.9. The summed E-state index contributed by atoms with van der Waals surface area (Å²) in [6.45, 7) is 0. The number of carbonyl (C=O) groups is 2. The maximum Gasteiger partial charge on any atom is 0.419 e. The van der Waals surface area contributed by atoms with Crippen LogP contribution in [0.25, 0.3) is 0 Å². The van der Waals surface area contributed by atoms with E-state index in [2.05, 4.69) is 21.2 Å². The average Bonchev–Trinajstić information content (AvgIpc) is 3.17. The van der Waals surface area contributed by atoms with Crippen LogP contribution in [0, 0.1) is 0 Å². The fraction of sp³-hybridized carbons (Fsp3) is 0.222. The smallest absolute Gasteiger partial charge is 0.419 e. The quantitative estimate of drug-likeness (QED) is 0.517. The molecule has 1 saturated heterocycles. The Balaban J connectivity index is 1.77. The van der Waals surface area contributed by atoms with Crippen LogP contribution in [-0.2, 0) is 0 Å². The average molecular weight is 523 g/mol. The number of amides is 2. The van der Waals surface area contributed by atoms with Gasteiger partial charge in [-0.25, -0.2) is 4.79 Å². The largest absolute Gasteiger partial charge is 0.493 e. The van der Waals surface area contributed by atoms with Crippen molar-refractivity contribution in [1.29, 1.82) is 0 Å². The van der Waals surface area contributed by atoms with Crippen LogP contribution in [0.4, 0.5) is 4.79 Å². The molecule has 2 aromatic carbocycles. The minimum absolute atomic E-state index is 0.000514. The van der Waals surface area contributed by atoms with E-state index in [0.29, 0.717) is 14.8 Å². The third kappa shape index (κ3) is 4.91. The molecule has 148 valence electrons. The summed E-state index contributed by atoms with van der Waals surface area (Å²) in [5.74, 6) is 1.97. The lowest BCUT2D eigenvalue weighted by molar-refractivity contribution is 0.0950. The molecular weight excluding hydrogens is 509 g/mol. The van der Waals surface area contributed by atoms with Crippen LogP contribution in [0.15, 0.2) is 34.8 Å². The fourth-order valence-electron chi connectivity index (χ4n) is 2.51. The zero-order chi connectivity index (χ0) is 20.3. The van der Waals surface area contributed by atoms with E-state index in [1.54, 1.807) is 6.07 Å². The molecule has 0 atom stereocenters. The van der Waals surface area contributed by atoms with Gasteiger partial charge in [-0.05, 0) is 45.8 Å². The molecule has 1 aliphatic heterocycles. The standard InChI is InChI=1S/C18H14BrCl2NO4S2/c1-25-13-8-9(17-27-5-6-28-17)7-10(19)15(13)26-18(24)22-16(23)14-11(20)3-2-4-12(14)21/h2-4,7-8,17H,5-6H2,1H3,(H,22,23,24). The van der Waals surface area contributed by atoms with Gasteiger partial charge in [0.25, 0.3) is 5.91 Å². The number of rotatable bonds is 4. The first kappa shape index (κ1) is 21.6. The topological polar surface area (TPSA) is 64.6 Å². The maximum absolute atomic E-state index is 12.3. The Labute approximate surface area is 188 Å². The molecule has 1 heterocycles. The predicted octanol–water partition coefficient (Wildman–Crippen LogP) is 6.17. The number of hydrogen-bond donors (Lipinski definition) is 1. The second kappa shape index (κ2) is 9.63. The molecule has 2 aromatic rings.